The van der Waals surface area contributed by atoms with Crippen molar-refractivity contribution >= 4 is 50.8 Å². The molecule has 0 spiro atoms. The van der Waals surface area contributed by atoms with Crippen molar-refractivity contribution in [1.29, 1.82) is 0 Å². The van der Waals surface area contributed by atoms with Crippen LogP contribution in [0.25, 0.3) is 0 Å². The van der Waals surface area contributed by atoms with Crippen molar-refractivity contribution in [2.45, 2.75) is 36.9 Å². The third kappa shape index (κ3) is 6.35. The van der Waals surface area contributed by atoms with E-state index in [1.54, 1.807) is 0 Å². The van der Waals surface area contributed by atoms with Crippen LogP contribution in [0.1, 0.15) is 30.1 Å². The molecule has 0 aromatic heterocycles. The molecule has 0 bridgehead atoms. The molecular weight excluding hydrogens is 479 g/mol. The van der Waals surface area contributed by atoms with Crippen LogP contribution in [0.4, 0.5) is 5.69 Å². The molecule has 1 heterocycles. The predicted molar refractivity (Wildman–Crippen MR) is 121 cm³/mol. The van der Waals surface area contributed by atoms with Gasteiger partial charge in [-0.05, 0) is 62.2 Å². The van der Waals surface area contributed by atoms with E-state index in [4.69, 9.17) is 32.7 Å². The van der Waals surface area contributed by atoms with Crippen LogP contribution in [0.3, 0.4) is 0 Å². The lowest BCUT2D eigenvalue weighted by molar-refractivity contribution is -0.129. The molecule has 0 saturated carbocycles. The van der Waals surface area contributed by atoms with Crippen molar-refractivity contribution in [3.8, 4) is 0 Å². The molecule has 0 radical (unpaired) electrons. The van der Waals surface area contributed by atoms with Crippen LogP contribution in [-0.2, 0) is 24.3 Å². The zero-order valence-electron chi connectivity index (χ0n) is 17.1. The highest BCUT2D eigenvalue weighted by molar-refractivity contribution is 7.92. The molecule has 2 aromatic carbocycles. The number of nitrogens with one attached hydrogen (secondary N) is 2. The molecule has 1 aliphatic rings. The van der Waals surface area contributed by atoms with Crippen LogP contribution in [0.2, 0.25) is 10.0 Å². The summed E-state index contributed by atoms with van der Waals surface area (Å²) in [4.78, 5) is 24.6. The third-order valence-corrected chi connectivity index (χ3v) is 6.71. The lowest BCUT2D eigenvalue weighted by Gasteiger charge is -2.16. The Balaban J connectivity index is 1.67. The summed E-state index contributed by atoms with van der Waals surface area (Å²) in [6.45, 7) is 2.40. The highest BCUT2D eigenvalue weighted by Gasteiger charge is 2.24. The van der Waals surface area contributed by atoms with Gasteiger partial charge in [0.1, 0.15) is 0 Å². The fraction of sp³-hybridized carbons (Fsp3) is 0.333. The Labute approximate surface area is 196 Å². The van der Waals surface area contributed by atoms with Gasteiger partial charge in [0.15, 0.2) is 6.10 Å². The standard InChI is InChI=1S/C21H22Cl2N2O6S/c1-13(20(26)24-12-16-3-2-10-30-16)31-21(27)18-11-17(8-9-19(18)23)32(28,29)25-15-6-4-14(22)5-7-15/h4-9,11,13,16,25H,2-3,10,12H2,1H3,(H,24,26)/t13-,16+/m0/s1. The summed E-state index contributed by atoms with van der Waals surface area (Å²) in [5, 5.41) is 3.12. The summed E-state index contributed by atoms with van der Waals surface area (Å²) in [7, 11) is -4.01. The zero-order valence-corrected chi connectivity index (χ0v) is 19.5. The SMILES string of the molecule is C[C@H](OC(=O)c1cc(S(=O)(=O)Nc2ccc(Cl)cc2)ccc1Cl)C(=O)NC[C@H]1CCCO1. The molecule has 8 nitrogen and oxygen atoms in total. The fourth-order valence-electron chi connectivity index (χ4n) is 3.00. The monoisotopic (exact) mass is 500 g/mol. The van der Waals surface area contributed by atoms with E-state index in [2.05, 4.69) is 10.0 Å². The van der Waals surface area contributed by atoms with E-state index in [0.29, 0.717) is 23.9 Å². The number of anilines is 1. The maximum Gasteiger partial charge on any atom is 0.340 e. The van der Waals surface area contributed by atoms with Crippen molar-refractivity contribution in [3.05, 3.63) is 58.1 Å². The average Bonchev–Trinajstić information content (AvgIpc) is 3.27. The van der Waals surface area contributed by atoms with Crippen LogP contribution >= 0.6 is 23.2 Å². The largest absolute Gasteiger partial charge is 0.449 e. The Bertz CT molecular complexity index is 1090. The van der Waals surface area contributed by atoms with Gasteiger partial charge in [0, 0.05) is 23.9 Å². The van der Waals surface area contributed by atoms with Gasteiger partial charge in [-0.1, -0.05) is 23.2 Å². The number of esters is 1. The van der Waals surface area contributed by atoms with Gasteiger partial charge in [-0.3, -0.25) is 9.52 Å². The first-order chi connectivity index (χ1) is 15.2. The first-order valence-electron chi connectivity index (χ1n) is 9.84. The number of carbonyl (C=O) groups is 2. The smallest absolute Gasteiger partial charge is 0.340 e. The first kappa shape index (κ1) is 24.3. The molecule has 11 heteroatoms. The minimum absolute atomic E-state index is 0.00703. The van der Waals surface area contributed by atoms with Crippen molar-refractivity contribution in [2.24, 2.45) is 0 Å². The summed E-state index contributed by atoms with van der Waals surface area (Å²) >= 11 is 11.9. The number of carbonyl (C=O) groups excluding carboxylic acids is 2. The van der Waals surface area contributed by atoms with Gasteiger partial charge < -0.3 is 14.8 Å². The lowest BCUT2D eigenvalue weighted by atomic mass is 10.2. The summed E-state index contributed by atoms with van der Waals surface area (Å²) in [5.41, 5.74) is 0.120. The molecule has 3 rings (SSSR count). The topological polar surface area (TPSA) is 111 Å². The molecule has 1 fully saturated rings. The maximum absolute atomic E-state index is 12.7. The summed E-state index contributed by atoms with van der Waals surface area (Å²) < 4.78 is 38.4. The molecule has 0 unspecified atom stereocenters. The Hall–Kier alpha value is -2.33. The van der Waals surface area contributed by atoms with Gasteiger partial charge in [0.25, 0.3) is 15.9 Å². The van der Waals surface area contributed by atoms with Gasteiger partial charge in [0.2, 0.25) is 0 Å². The predicted octanol–water partition coefficient (Wildman–Crippen LogP) is 3.63. The average molecular weight is 501 g/mol. The second kappa shape index (κ2) is 10.5. The molecule has 2 atom stereocenters. The van der Waals surface area contributed by atoms with Gasteiger partial charge in [-0.25, -0.2) is 13.2 Å². The van der Waals surface area contributed by atoms with Crippen LogP contribution in [0.5, 0.6) is 0 Å². The van der Waals surface area contributed by atoms with Crippen molar-refractivity contribution in [1.82, 2.24) is 5.32 Å². The van der Waals surface area contributed by atoms with E-state index in [1.165, 1.54) is 43.3 Å². The molecule has 172 valence electrons. The fourth-order valence-corrected chi connectivity index (χ4v) is 4.41. The molecule has 1 amide bonds. The first-order valence-corrected chi connectivity index (χ1v) is 12.1. The molecular formula is C21H22Cl2N2O6S. The number of hydrogen-bond donors (Lipinski definition) is 2. The van der Waals surface area contributed by atoms with Crippen LogP contribution in [-0.4, -0.2) is 45.7 Å². The van der Waals surface area contributed by atoms with Crippen molar-refractivity contribution < 1.29 is 27.5 Å². The van der Waals surface area contributed by atoms with Crippen molar-refractivity contribution in [2.75, 3.05) is 17.9 Å². The molecule has 2 N–H and O–H groups in total. The van der Waals surface area contributed by atoms with E-state index in [9.17, 15) is 18.0 Å². The molecule has 32 heavy (non-hydrogen) atoms. The highest BCUT2D eigenvalue weighted by atomic mass is 35.5. The van der Waals surface area contributed by atoms with E-state index >= 15 is 0 Å². The number of benzene rings is 2. The van der Waals surface area contributed by atoms with E-state index in [0.717, 1.165) is 18.9 Å². The van der Waals surface area contributed by atoms with Gasteiger partial charge in [-0.2, -0.15) is 0 Å². The second-order valence-corrected chi connectivity index (χ2v) is 9.71. The molecule has 2 aromatic rings. The highest BCUT2D eigenvalue weighted by Crippen LogP contribution is 2.24. The Morgan fingerprint density at radius 1 is 1.19 bits per heavy atom. The number of amides is 1. The van der Waals surface area contributed by atoms with Crippen molar-refractivity contribution in [3.63, 3.8) is 0 Å². The Morgan fingerprint density at radius 2 is 1.91 bits per heavy atom. The Morgan fingerprint density at radius 3 is 2.56 bits per heavy atom. The summed E-state index contributed by atoms with van der Waals surface area (Å²) in [6, 6.07) is 9.71. The third-order valence-electron chi connectivity index (χ3n) is 4.75. The van der Waals surface area contributed by atoms with Gasteiger partial charge in [-0.15, -0.1) is 0 Å². The summed E-state index contributed by atoms with van der Waals surface area (Å²) in [5.74, 6) is -1.41. The number of rotatable bonds is 8. The number of halogens is 2. The second-order valence-electron chi connectivity index (χ2n) is 7.18. The van der Waals surface area contributed by atoms with Crippen LogP contribution in [0, 0.1) is 0 Å². The molecule has 1 saturated heterocycles. The van der Waals surface area contributed by atoms with E-state index in [1.807, 2.05) is 0 Å². The minimum Gasteiger partial charge on any atom is -0.449 e. The van der Waals surface area contributed by atoms with Crippen LogP contribution < -0.4 is 10.0 Å². The minimum atomic E-state index is -4.01. The Kier molecular flexibility index (Phi) is 8.00. The van der Waals surface area contributed by atoms with Gasteiger partial charge >= 0.3 is 5.97 Å². The quantitative estimate of drug-likeness (QED) is 0.535. The van der Waals surface area contributed by atoms with E-state index in [-0.39, 0.29) is 21.6 Å². The van der Waals surface area contributed by atoms with Crippen LogP contribution in [0.15, 0.2) is 47.4 Å². The molecule has 0 aliphatic carbocycles. The summed E-state index contributed by atoms with van der Waals surface area (Å²) in [6.07, 6.45) is 0.643. The number of sulfonamides is 1. The number of ether oxygens (including phenoxy) is 2. The lowest BCUT2D eigenvalue weighted by Crippen LogP contribution is -2.39. The number of hydrogen-bond acceptors (Lipinski definition) is 6. The van der Waals surface area contributed by atoms with E-state index < -0.39 is 28.0 Å². The normalized spacial score (nSPS) is 16.9. The molecule has 1 aliphatic heterocycles. The maximum atomic E-state index is 12.7. The zero-order chi connectivity index (χ0) is 23.3. The van der Waals surface area contributed by atoms with Gasteiger partial charge in [0.05, 0.1) is 21.6 Å².